The van der Waals surface area contributed by atoms with E-state index < -0.39 is 0 Å². The maximum atomic E-state index is 12.0. The van der Waals surface area contributed by atoms with Crippen LogP contribution in [0.5, 0.6) is 11.5 Å². The fourth-order valence-electron chi connectivity index (χ4n) is 2.77. The zero-order chi connectivity index (χ0) is 14.7. The van der Waals surface area contributed by atoms with Gasteiger partial charge in [0.2, 0.25) is 12.7 Å². The van der Waals surface area contributed by atoms with Crippen LogP contribution < -0.4 is 9.47 Å². The van der Waals surface area contributed by atoms with Gasteiger partial charge in [-0.3, -0.25) is 4.79 Å². The lowest BCUT2D eigenvalue weighted by atomic mass is 10.1. The Morgan fingerprint density at radius 2 is 2.19 bits per heavy atom. The summed E-state index contributed by atoms with van der Waals surface area (Å²) in [5.41, 5.74) is 1.27. The molecule has 0 N–H and O–H groups in total. The molecule has 1 unspecified atom stereocenters. The van der Waals surface area contributed by atoms with E-state index >= 15 is 0 Å². The van der Waals surface area contributed by atoms with Crippen molar-refractivity contribution in [3.05, 3.63) is 23.8 Å². The van der Waals surface area contributed by atoms with Crippen LogP contribution in [-0.4, -0.2) is 36.4 Å². The van der Waals surface area contributed by atoms with Crippen molar-refractivity contribution in [3.8, 4) is 11.5 Å². The highest BCUT2D eigenvalue weighted by atomic mass is 32.2. The van der Waals surface area contributed by atoms with Gasteiger partial charge in [-0.05, 0) is 30.5 Å². The summed E-state index contributed by atoms with van der Waals surface area (Å²) in [6.45, 7) is 4.09. The van der Waals surface area contributed by atoms with E-state index in [4.69, 9.17) is 9.47 Å². The Morgan fingerprint density at radius 1 is 1.33 bits per heavy atom. The van der Waals surface area contributed by atoms with E-state index in [1.165, 1.54) is 5.56 Å². The Morgan fingerprint density at radius 3 is 3.05 bits per heavy atom. The zero-order valence-electron chi connectivity index (χ0n) is 12.3. The first kappa shape index (κ1) is 14.6. The Balaban J connectivity index is 1.66. The summed E-state index contributed by atoms with van der Waals surface area (Å²) >= 11 is 1.93. The van der Waals surface area contributed by atoms with E-state index in [1.54, 1.807) is 0 Å². The normalized spacial score (nSPS) is 21.2. The molecule has 3 rings (SSSR count). The van der Waals surface area contributed by atoms with Gasteiger partial charge >= 0.3 is 0 Å². The summed E-state index contributed by atoms with van der Waals surface area (Å²) in [4.78, 5) is 14.0. The number of hydrogen-bond acceptors (Lipinski definition) is 4. The van der Waals surface area contributed by atoms with Crippen LogP contribution in [0, 0.1) is 0 Å². The Kier molecular flexibility index (Phi) is 4.58. The first-order valence-corrected chi connectivity index (χ1v) is 8.61. The standard InChI is InChI=1S/C16H21NO3S/c1-2-3-16(18)17-7-6-15(21-9-8-17)12-4-5-13-14(10-12)20-11-19-13/h4-5,10,15H,2-3,6-9,11H2,1H3. The molecule has 2 aliphatic heterocycles. The van der Waals surface area contributed by atoms with E-state index in [2.05, 4.69) is 19.1 Å². The fourth-order valence-corrected chi connectivity index (χ4v) is 3.99. The molecule has 21 heavy (non-hydrogen) atoms. The van der Waals surface area contributed by atoms with Crippen LogP contribution in [0.4, 0.5) is 0 Å². The van der Waals surface area contributed by atoms with E-state index in [0.29, 0.717) is 24.4 Å². The molecule has 2 heterocycles. The predicted molar refractivity (Wildman–Crippen MR) is 83.9 cm³/mol. The molecule has 5 heteroatoms. The number of fused-ring (bicyclic) bond motifs is 1. The molecule has 1 aromatic rings. The molecule has 1 amide bonds. The molecule has 114 valence electrons. The Labute approximate surface area is 129 Å². The van der Waals surface area contributed by atoms with Gasteiger partial charge in [-0.1, -0.05) is 13.0 Å². The van der Waals surface area contributed by atoms with Gasteiger partial charge in [-0.25, -0.2) is 0 Å². The highest BCUT2D eigenvalue weighted by molar-refractivity contribution is 7.99. The third-order valence-corrected chi connectivity index (χ3v) is 5.25. The highest BCUT2D eigenvalue weighted by Gasteiger charge is 2.23. The van der Waals surface area contributed by atoms with Gasteiger partial charge in [0.1, 0.15) is 0 Å². The highest BCUT2D eigenvalue weighted by Crippen LogP contribution is 2.40. The van der Waals surface area contributed by atoms with Crippen molar-refractivity contribution in [3.63, 3.8) is 0 Å². The van der Waals surface area contributed by atoms with Crippen LogP contribution in [0.15, 0.2) is 18.2 Å². The summed E-state index contributed by atoms with van der Waals surface area (Å²) in [6, 6.07) is 6.20. The fraction of sp³-hybridized carbons (Fsp3) is 0.562. The van der Waals surface area contributed by atoms with Crippen molar-refractivity contribution in [2.24, 2.45) is 0 Å². The van der Waals surface area contributed by atoms with Crippen LogP contribution in [0.3, 0.4) is 0 Å². The minimum absolute atomic E-state index is 0.296. The smallest absolute Gasteiger partial charge is 0.231 e. The molecule has 2 aliphatic rings. The molecule has 1 aromatic carbocycles. The molecular formula is C16H21NO3S. The summed E-state index contributed by atoms with van der Waals surface area (Å²) < 4.78 is 10.8. The first-order chi connectivity index (χ1) is 10.3. The predicted octanol–water partition coefficient (Wildman–Crippen LogP) is 3.22. The molecule has 0 spiro atoms. The van der Waals surface area contributed by atoms with Crippen molar-refractivity contribution < 1.29 is 14.3 Å². The van der Waals surface area contributed by atoms with Crippen molar-refractivity contribution in [2.75, 3.05) is 25.6 Å². The second-order valence-electron chi connectivity index (χ2n) is 5.39. The summed E-state index contributed by atoms with van der Waals surface area (Å²) in [5, 5.41) is 0.430. The summed E-state index contributed by atoms with van der Waals surface area (Å²) in [7, 11) is 0. The van der Waals surface area contributed by atoms with Gasteiger partial charge in [-0.2, -0.15) is 11.8 Å². The second kappa shape index (κ2) is 6.60. The van der Waals surface area contributed by atoms with Crippen LogP contribution in [0.25, 0.3) is 0 Å². The van der Waals surface area contributed by atoms with Gasteiger partial charge in [0, 0.05) is 30.5 Å². The number of carbonyl (C=O) groups excluding carboxylic acids is 1. The van der Waals surface area contributed by atoms with Crippen molar-refractivity contribution in [2.45, 2.75) is 31.4 Å². The van der Waals surface area contributed by atoms with Crippen LogP contribution >= 0.6 is 11.8 Å². The number of hydrogen-bond donors (Lipinski definition) is 0. The number of benzene rings is 1. The van der Waals surface area contributed by atoms with Crippen LogP contribution in [0.1, 0.15) is 37.0 Å². The average Bonchev–Trinajstić information content (AvgIpc) is 2.82. The number of rotatable bonds is 3. The molecular weight excluding hydrogens is 286 g/mol. The SMILES string of the molecule is CCCC(=O)N1CCSC(c2ccc3c(c2)OCO3)CC1. The van der Waals surface area contributed by atoms with Crippen LogP contribution in [-0.2, 0) is 4.79 Å². The van der Waals surface area contributed by atoms with E-state index in [9.17, 15) is 4.79 Å². The first-order valence-electron chi connectivity index (χ1n) is 7.57. The minimum atomic E-state index is 0.296. The van der Waals surface area contributed by atoms with E-state index in [-0.39, 0.29) is 0 Å². The molecule has 1 fully saturated rings. The molecule has 0 bridgehead atoms. The monoisotopic (exact) mass is 307 g/mol. The summed E-state index contributed by atoms with van der Waals surface area (Å²) in [5.74, 6) is 2.96. The van der Waals surface area contributed by atoms with E-state index in [1.807, 2.05) is 22.7 Å². The Bertz CT molecular complexity index is 520. The number of nitrogens with zero attached hydrogens (tertiary/aromatic N) is 1. The van der Waals surface area contributed by atoms with E-state index in [0.717, 1.165) is 43.2 Å². The van der Waals surface area contributed by atoms with Crippen molar-refractivity contribution in [1.82, 2.24) is 4.90 Å². The van der Waals surface area contributed by atoms with Gasteiger partial charge in [0.25, 0.3) is 0 Å². The molecule has 0 saturated carbocycles. The molecule has 1 atom stereocenters. The van der Waals surface area contributed by atoms with Gasteiger partial charge in [0.05, 0.1) is 0 Å². The van der Waals surface area contributed by atoms with Gasteiger partial charge in [-0.15, -0.1) is 0 Å². The largest absolute Gasteiger partial charge is 0.454 e. The molecule has 1 saturated heterocycles. The maximum Gasteiger partial charge on any atom is 0.231 e. The zero-order valence-corrected chi connectivity index (χ0v) is 13.2. The number of thioether (sulfide) groups is 1. The Hall–Kier alpha value is -1.36. The van der Waals surface area contributed by atoms with Gasteiger partial charge < -0.3 is 14.4 Å². The van der Waals surface area contributed by atoms with Crippen molar-refractivity contribution in [1.29, 1.82) is 0 Å². The van der Waals surface area contributed by atoms with Crippen LogP contribution in [0.2, 0.25) is 0 Å². The lowest BCUT2D eigenvalue weighted by molar-refractivity contribution is -0.131. The third-order valence-electron chi connectivity index (χ3n) is 3.93. The minimum Gasteiger partial charge on any atom is -0.454 e. The number of ether oxygens (including phenoxy) is 2. The topological polar surface area (TPSA) is 38.8 Å². The van der Waals surface area contributed by atoms with Gasteiger partial charge in [0.15, 0.2) is 11.5 Å². The quantitative estimate of drug-likeness (QED) is 0.859. The number of carbonyl (C=O) groups is 1. The second-order valence-corrected chi connectivity index (χ2v) is 6.70. The lowest BCUT2D eigenvalue weighted by Gasteiger charge is -2.20. The third kappa shape index (κ3) is 3.28. The summed E-state index contributed by atoms with van der Waals surface area (Å²) in [6.07, 6.45) is 2.59. The average molecular weight is 307 g/mol. The lowest BCUT2D eigenvalue weighted by Crippen LogP contribution is -2.32. The molecule has 0 radical (unpaired) electrons. The molecule has 0 aliphatic carbocycles. The molecule has 0 aromatic heterocycles. The number of amides is 1. The molecule has 4 nitrogen and oxygen atoms in total. The maximum absolute atomic E-state index is 12.0. The van der Waals surface area contributed by atoms with Crippen molar-refractivity contribution >= 4 is 17.7 Å².